The van der Waals surface area contributed by atoms with Crippen molar-refractivity contribution in [2.24, 2.45) is 0 Å². The van der Waals surface area contributed by atoms with E-state index in [0.717, 1.165) is 13.0 Å². The third-order valence-corrected chi connectivity index (χ3v) is 2.99. The Balaban J connectivity index is 2.49. The summed E-state index contributed by atoms with van der Waals surface area (Å²) in [7, 11) is 3.40. The lowest BCUT2D eigenvalue weighted by Crippen LogP contribution is -2.28. The van der Waals surface area contributed by atoms with Crippen LogP contribution in [-0.4, -0.2) is 54.9 Å². The number of amides is 1. The molecule has 0 saturated carbocycles. The normalized spacial score (nSPS) is 10.3. The highest BCUT2D eigenvalue weighted by molar-refractivity contribution is 7.17. The van der Waals surface area contributed by atoms with Crippen molar-refractivity contribution in [1.29, 1.82) is 0 Å². The highest BCUT2D eigenvalue weighted by Gasteiger charge is 2.16. The minimum absolute atomic E-state index is 0.0947. The Morgan fingerprint density at radius 3 is 2.94 bits per heavy atom. The Bertz CT molecular complexity index is 356. The van der Waals surface area contributed by atoms with E-state index in [1.165, 1.54) is 11.3 Å². The molecule has 1 heterocycles. The highest BCUT2D eigenvalue weighted by atomic mass is 32.1. The molecule has 1 amide bonds. The van der Waals surface area contributed by atoms with Crippen LogP contribution in [0.3, 0.4) is 0 Å². The van der Waals surface area contributed by atoms with Gasteiger partial charge in [0.15, 0.2) is 0 Å². The van der Waals surface area contributed by atoms with Gasteiger partial charge in [-0.05, 0) is 13.3 Å². The average Bonchev–Trinajstić information content (AvgIpc) is 2.77. The van der Waals surface area contributed by atoms with E-state index in [-0.39, 0.29) is 5.91 Å². The lowest BCUT2D eigenvalue weighted by atomic mass is 10.4. The molecular formula is C10H18N4O2S. The van der Waals surface area contributed by atoms with E-state index in [4.69, 9.17) is 4.74 Å². The summed E-state index contributed by atoms with van der Waals surface area (Å²) in [6.45, 7) is 4.05. The molecule has 0 atom stereocenters. The average molecular weight is 258 g/mol. The van der Waals surface area contributed by atoms with Crippen molar-refractivity contribution in [1.82, 2.24) is 15.1 Å². The first kappa shape index (κ1) is 13.9. The van der Waals surface area contributed by atoms with Crippen LogP contribution in [0, 0.1) is 0 Å². The molecule has 0 aliphatic heterocycles. The van der Waals surface area contributed by atoms with Crippen LogP contribution in [0.2, 0.25) is 0 Å². The van der Waals surface area contributed by atoms with E-state index < -0.39 is 0 Å². The molecule has 0 aliphatic carbocycles. The molecule has 0 aliphatic rings. The molecule has 1 rings (SSSR count). The number of carbonyl (C=O) groups is 1. The number of anilines is 1. The third kappa shape index (κ3) is 4.27. The summed E-state index contributed by atoms with van der Waals surface area (Å²) >= 11 is 1.28. The molecular weight excluding hydrogens is 240 g/mol. The van der Waals surface area contributed by atoms with Crippen molar-refractivity contribution >= 4 is 22.4 Å². The zero-order valence-electron chi connectivity index (χ0n) is 10.4. The van der Waals surface area contributed by atoms with Gasteiger partial charge >= 0.3 is 0 Å². The van der Waals surface area contributed by atoms with E-state index in [0.29, 0.717) is 23.3 Å². The molecule has 1 aromatic rings. The SMILES string of the molecule is CCNc1nnc(C(=O)N(C)CCCOC)s1. The van der Waals surface area contributed by atoms with Gasteiger partial charge in [-0.1, -0.05) is 11.3 Å². The fourth-order valence-electron chi connectivity index (χ4n) is 1.24. The van der Waals surface area contributed by atoms with Crippen LogP contribution < -0.4 is 5.32 Å². The number of ether oxygens (including phenoxy) is 1. The summed E-state index contributed by atoms with van der Waals surface area (Å²) in [6, 6.07) is 0. The fourth-order valence-corrected chi connectivity index (χ4v) is 2.05. The van der Waals surface area contributed by atoms with Crippen LogP contribution >= 0.6 is 11.3 Å². The minimum atomic E-state index is -0.0947. The highest BCUT2D eigenvalue weighted by Crippen LogP contribution is 2.16. The number of methoxy groups -OCH3 is 1. The molecule has 1 aromatic heterocycles. The van der Waals surface area contributed by atoms with Gasteiger partial charge in [-0.2, -0.15) is 0 Å². The Hall–Kier alpha value is -1.21. The van der Waals surface area contributed by atoms with Crippen molar-refractivity contribution in [2.45, 2.75) is 13.3 Å². The number of nitrogens with one attached hydrogen (secondary N) is 1. The van der Waals surface area contributed by atoms with Crippen molar-refractivity contribution in [3.05, 3.63) is 5.01 Å². The Kier molecular flexibility index (Phi) is 5.85. The second-order valence-corrected chi connectivity index (χ2v) is 4.49. The molecule has 0 aromatic carbocycles. The lowest BCUT2D eigenvalue weighted by molar-refractivity contribution is 0.0778. The predicted molar refractivity (Wildman–Crippen MR) is 67.5 cm³/mol. The van der Waals surface area contributed by atoms with Gasteiger partial charge in [0.25, 0.3) is 5.91 Å². The topological polar surface area (TPSA) is 67.4 Å². The molecule has 96 valence electrons. The van der Waals surface area contributed by atoms with Gasteiger partial charge in [-0.15, -0.1) is 10.2 Å². The molecule has 0 spiro atoms. The molecule has 1 N–H and O–H groups in total. The number of hydrogen-bond acceptors (Lipinski definition) is 6. The van der Waals surface area contributed by atoms with Crippen molar-refractivity contribution in [3.63, 3.8) is 0 Å². The molecule has 7 heteroatoms. The summed E-state index contributed by atoms with van der Waals surface area (Å²) in [5, 5.41) is 11.9. The van der Waals surface area contributed by atoms with E-state index in [1.54, 1.807) is 19.1 Å². The number of nitrogens with zero attached hydrogens (tertiary/aromatic N) is 3. The van der Waals surface area contributed by atoms with Crippen LogP contribution in [0.25, 0.3) is 0 Å². The Labute approximate surface area is 105 Å². The zero-order chi connectivity index (χ0) is 12.7. The van der Waals surface area contributed by atoms with Crippen LogP contribution in [-0.2, 0) is 4.74 Å². The van der Waals surface area contributed by atoms with Gasteiger partial charge in [-0.25, -0.2) is 0 Å². The molecule has 0 bridgehead atoms. The first-order valence-corrected chi connectivity index (χ1v) is 6.32. The first-order valence-electron chi connectivity index (χ1n) is 5.50. The standard InChI is InChI=1S/C10H18N4O2S/c1-4-11-10-13-12-8(17-10)9(15)14(2)6-5-7-16-3/h4-7H2,1-3H3,(H,11,13). The molecule has 17 heavy (non-hydrogen) atoms. The maximum atomic E-state index is 11.9. The lowest BCUT2D eigenvalue weighted by Gasteiger charge is -2.14. The largest absolute Gasteiger partial charge is 0.385 e. The fraction of sp³-hybridized carbons (Fsp3) is 0.700. The second kappa shape index (κ2) is 7.18. The Morgan fingerprint density at radius 2 is 2.29 bits per heavy atom. The van der Waals surface area contributed by atoms with E-state index in [1.807, 2.05) is 6.92 Å². The Morgan fingerprint density at radius 1 is 1.53 bits per heavy atom. The van der Waals surface area contributed by atoms with Crippen molar-refractivity contribution in [2.75, 3.05) is 39.2 Å². The minimum Gasteiger partial charge on any atom is -0.385 e. The number of aromatic nitrogens is 2. The van der Waals surface area contributed by atoms with Crippen LogP contribution in [0.1, 0.15) is 23.1 Å². The molecule has 6 nitrogen and oxygen atoms in total. The maximum absolute atomic E-state index is 11.9. The maximum Gasteiger partial charge on any atom is 0.284 e. The van der Waals surface area contributed by atoms with E-state index in [2.05, 4.69) is 15.5 Å². The van der Waals surface area contributed by atoms with Gasteiger partial charge in [0.1, 0.15) is 0 Å². The van der Waals surface area contributed by atoms with Gasteiger partial charge in [-0.3, -0.25) is 4.79 Å². The van der Waals surface area contributed by atoms with Crippen LogP contribution in [0.4, 0.5) is 5.13 Å². The zero-order valence-corrected chi connectivity index (χ0v) is 11.2. The van der Waals surface area contributed by atoms with Gasteiger partial charge in [0.2, 0.25) is 10.1 Å². The number of rotatable bonds is 7. The quantitative estimate of drug-likeness (QED) is 0.741. The number of hydrogen-bond donors (Lipinski definition) is 1. The summed E-state index contributed by atoms with van der Waals surface area (Å²) in [5.74, 6) is -0.0947. The molecule has 0 fully saturated rings. The first-order chi connectivity index (χ1) is 8.19. The predicted octanol–water partition coefficient (Wildman–Crippen LogP) is 1.08. The second-order valence-electron chi connectivity index (χ2n) is 3.52. The monoisotopic (exact) mass is 258 g/mol. The van der Waals surface area contributed by atoms with Gasteiger partial charge < -0.3 is 15.0 Å². The number of carbonyl (C=O) groups excluding carboxylic acids is 1. The smallest absolute Gasteiger partial charge is 0.284 e. The van der Waals surface area contributed by atoms with Gasteiger partial charge in [0, 0.05) is 33.9 Å². The van der Waals surface area contributed by atoms with Crippen molar-refractivity contribution < 1.29 is 9.53 Å². The summed E-state index contributed by atoms with van der Waals surface area (Å²) in [5.41, 5.74) is 0. The van der Waals surface area contributed by atoms with E-state index in [9.17, 15) is 4.79 Å². The van der Waals surface area contributed by atoms with Gasteiger partial charge in [0.05, 0.1) is 0 Å². The summed E-state index contributed by atoms with van der Waals surface area (Å²) < 4.78 is 4.94. The van der Waals surface area contributed by atoms with Crippen molar-refractivity contribution in [3.8, 4) is 0 Å². The van der Waals surface area contributed by atoms with E-state index >= 15 is 0 Å². The summed E-state index contributed by atoms with van der Waals surface area (Å²) in [4.78, 5) is 13.6. The molecule has 0 saturated heterocycles. The molecule has 0 unspecified atom stereocenters. The molecule has 0 radical (unpaired) electrons. The van der Waals surface area contributed by atoms with Crippen LogP contribution in [0.15, 0.2) is 0 Å². The van der Waals surface area contributed by atoms with Crippen LogP contribution in [0.5, 0.6) is 0 Å². The summed E-state index contributed by atoms with van der Waals surface area (Å²) in [6.07, 6.45) is 0.817. The third-order valence-electron chi connectivity index (χ3n) is 2.12.